The van der Waals surface area contributed by atoms with Gasteiger partial charge in [0, 0.05) is 25.0 Å². The fourth-order valence-electron chi connectivity index (χ4n) is 3.96. The maximum atomic E-state index is 13.9. The lowest BCUT2D eigenvalue weighted by molar-refractivity contribution is -0.139. The van der Waals surface area contributed by atoms with E-state index in [-0.39, 0.29) is 29.4 Å². The third-order valence-electron chi connectivity index (χ3n) is 5.87. The first-order valence-electron chi connectivity index (χ1n) is 11.6. The molecule has 0 fully saturated rings. The lowest BCUT2D eigenvalue weighted by Gasteiger charge is -2.33. The van der Waals surface area contributed by atoms with Crippen LogP contribution in [0.3, 0.4) is 0 Å². The first-order chi connectivity index (χ1) is 18.0. The van der Waals surface area contributed by atoms with E-state index in [0.29, 0.717) is 5.56 Å². The number of nitrogens with zero attached hydrogens (tertiary/aromatic N) is 2. The number of sulfonamides is 1. The Balaban J connectivity index is 2.06. The lowest BCUT2D eigenvalue weighted by Crippen LogP contribution is -2.52. The van der Waals surface area contributed by atoms with Gasteiger partial charge in [0.25, 0.3) is 0 Å². The number of rotatable bonds is 11. The van der Waals surface area contributed by atoms with Gasteiger partial charge in [0.2, 0.25) is 21.8 Å². The number of hydrogen-bond acceptors (Lipinski definition) is 5. The van der Waals surface area contributed by atoms with Crippen LogP contribution in [0.15, 0.2) is 72.8 Å². The Morgan fingerprint density at radius 1 is 1.03 bits per heavy atom. The molecule has 3 rings (SSSR count). The van der Waals surface area contributed by atoms with Gasteiger partial charge in [-0.05, 0) is 41.5 Å². The molecule has 0 unspecified atom stereocenters. The molecular weight excluding hydrogens is 533 g/mol. The van der Waals surface area contributed by atoms with Crippen molar-refractivity contribution in [1.82, 2.24) is 10.2 Å². The first-order valence-corrected chi connectivity index (χ1v) is 13.9. The molecule has 0 aliphatic heterocycles. The highest BCUT2D eigenvalue weighted by molar-refractivity contribution is 7.92. The van der Waals surface area contributed by atoms with Crippen molar-refractivity contribution in [1.29, 1.82) is 0 Å². The smallest absolute Gasteiger partial charge is 0.244 e. The van der Waals surface area contributed by atoms with Crippen molar-refractivity contribution in [2.45, 2.75) is 19.0 Å². The minimum atomic E-state index is -3.99. The molecule has 202 valence electrons. The lowest BCUT2D eigenvalue weighted by atomic mass is 10.0. The van der Waals surface area contributed by atoms with Crippen molar-refractivity contribution in [2.75, 3.05) is 31.3 Å². The third kappa shape index (κ3) is 7.45. The van der Waals surface area contributed by atoms with Crippen LogP contribution in [0.2, 0.25) is 5.02 Å². The van der Waals surface area contributed by atoms with Gasteiger partial charge in [-0.25, -0.2) is 12.8 Å². The van der Waals surface area contributed by atoms with Gasteiger partial charge >= 0.3 is 0 Å². The van der Waals surface area contributed by atoms with E-state index in [1.165, 1.54) is 61.5 Å². The number of amides is 2. The molecule has 1 N–H and O–H groups in total. The largest absolute Gasteiger partial charge is 0.495 e. The average Bonchev–Trinajstić information content (AvgIpc) is 2.89. The van der Waals surface area contributed by atoms with Gasteiger partial charge < -0.3 is 15.0 Å². The average molecular weight is 562 g/mol. The summed E-state index contributed by atoms with van der Waals surface area (Å²) >= 11 is 6.13. The maximum absolute atomic E-state index is 13.9. The van der Waals surface area contributed by atoms with Gasteiger partial charge in [-0.1, -0.05) is 54.1 Å². The van der Waals surface area contributed by atoms with Gasteiger partial charge in [0.05, 0.1) is 19.1 Å². The summed E-state index contributed by atoms with van der Waals surface area (Å²) in [6.07, 6.45) is 1.14. The zero-order valence-electron chi connectivity index (χ0n) is 21.2. The summed E-state index contributed by atoms with van der Waals surface area (Å²) in [6, 6.07) is 18.1. The monoisotopic (exact) mass is 561 g/mol. The molecule has 38 heavy (non-hydrogen) atoms. The number of methoxy groups -OCH3 is 1. The molecule has 0 aromatic heterocycles. The second-order valence-electron chi connectivity index (χ2n) is 8.55. The van der Waals surface area contributed by atoms with E-state index in [9.17, 15) is 22.4 Å². The summed E-state index contributed by atoms with van der Waals surface area (Å²) in [4.78, 5) is 28.2. The van der Waals surface area contributed by atoms with Crippen LogP contribution in [-0.4, -0.2) is 58.1 Å². The molecule has 3 aromatic rings. The number of carbonyl (C=O) groups is 2. The van der Waals surface area contributed by atoms with Crippen LogP contribution in [0.4, 0.5) is 10.1 Å². The predicted molar refractivity (Wildman–Crippen MR) is 145 cm³/mol. The van der Waals surface area contributed by atoms with Gasteiger partial charge in [0.1, 0.15) is 24.2 Å². The second-order valence-corrected chi connectivity index (χ2v) is 10.9. The SMILES string of the molecule is CNC(=O)[C@@H](Cc1ccccc1)N(Cc1ccc(F)cc1)C(=O)CN(c1cc(Cl)ccc1OC)S(C)(=O)=O. The Kier molecular flexibility index (Phi) is 9.71. The van der Waals surface area contributed by atoms with E-state index in [1.54, 1.807) is 0 Å². The summed E-state index contributed by atoms with van der Waals surface area (Å²) in [5.74, 6) is -1.33. The highest BCUT2D eigenvalue weighted by atomic mass is 35.5. The molecule has 3 aromatic carbocycles. The molecular formula is C27H29ClFN3O5S. The number of likely N-dealkylation sites (N-methyl/N-ethyl adjacent to an activating group) is 1. The van der Waals surface area contributed by atoms with Crippen LogP contribution in [0, 0.1) is 5.82 Å². The summed E-state index contributed by atoms with van der Waals surface area (Å²) < 4.78 is 45.5. The van der Waals surface area contributed by atoms with Gasteiger partial charge in [-0.3, -0.25) is 13.9 Å². The molecule has 0 saturated carbocycles. The second kappa shape index (κ2) is 12.7. The van der Waals surface area contributed by atoms with Crippen LogP contribution < -0.4 is 14.4 Å². The molecule has 0 bridgehead atoms. The van der Waals surface area contributed by atoms with Crippen molar-refractivity contribution in [3.63, 3.8) is 0 Å². The number of nitrogens with one attached hydrogen (secondary N) is 1. The Morgan fingerprint density at radius 3 is 2.26 bits per heavy atom. The minimum Gasteiger partial charge on any atom is -0.495 e. The summed E-state index contributed by atoms with van der Waals surface area (Å²) in [5, 5.41) is 2.84. The number of halogens is 2. The minimum absolute atomic E-state index is 0.0612. The number of benzene rings is 3. The molecule has 0 radical (unpaired) electrons. The Bertz CT molecular complexity index is 1370. The standard InChI is InChI=1S/C27H29ClFN3O5S/c1-30-27(34)24(15-19-7-5-4-6-8-19)31(17-20-9-12-22(29)13-10-20)26(33)18-32(38(3,35)36)23-16-21(28)11-14-25(23)37-2/h4-14,16,24H,15,17-18H2,1-3H3,(H,30,34)/t24-/m1/s1. The third-order valence-corrected chi connectivity index (χ3v) is 7.23. The molecule has 0 aliphatic carbocycles. The summed E-state index contributed by atoms with van der Waals surface area (Å²) in [5.41, 5.74) is 1.44. The fourth-order valence-corrected chi connectivity index (χ4v) is 4.97. The number of ether oxygens (including phenoxy) is 1. The molecule has 11 heteroatoms. The maximum Gasteiger partial charge on any atom is 0.244 e. The summed E-state index contributed by atoms with van der Waals surface area (Å²) in [6.45, 7) is -0.687. The van der Waals surface area contributed by atoms with Crippen LogP contribution in [0.5, 0.6) is 5.75 Å². The number of carbonyl (C=O) groups excluding carboxylic acids is 2. The van der Waals surface area contributed by atoms with E-state index in [2.05, 4.69) is 5.32 Å². The first kappa shape index (κ1) is 28.9. The van der Waals surface area contributed by atoms with Crippen molar-refractivity contribution in [2.24, 2.45) is 0 Å². The summed E-state index contributed by atoms with van der Waals surface area (Å²) in [7, 11) is -1.16. The van der Waals surface area contributed by atoms with Gasteiger partial charge in [0.15, 0.2) is 0 Å². The van der Waals surface area contributed by atoms with E-state index in [0.717, 1.165) is 16.1 Å². The molecule has 2 amide bonds. The van der Waals surface area contributed by atoms with E-state index in [4.69, 9.17) is 16.3 Å². The van der Waals surface area contributed by atoms with Gasteiger partial charge in [-0.15, -0.1) is 0 Å². The van der Waals surface area contributed by atoms with Crippen LogP contribution in [0.1, 0.15) is 11.1 Å². The molecule has 0 heterocycles. The zero-order chi connectivity index (χ0) is 27.9. The normalized spacial score (nSPS) is 11.9. The molecule has 1 atom stereocenters. The number of hydrogen-bond donors (Lipinski definition) is 1. The fraction of sp³-hybridized carbons (Fsp3) is 0.259. The van der Waals surface area contributed by atoms with E-state index >= 15 is 0 Å². The van der Waals surface area contributed by atoms with Crippen molar-refractivity contribution < 1.29 is 27.1 Å². The zero-order valence-corrected chi connectivity index (χ0v) is 22.8. The Labute approximate surface area is 227 Å². The molecule has 8 nitrogen and oxygen atoms in total. The Morgan fingerprint density at radius 2 is 1.68 bits per heavy atom. The van der Waals surface area contributed by atoms with Gasteiger partial charge in [-0.2, -0.15) is 0 Å². The van der Waals surface area contributed by atoms with E-state index < -0.39 is 40.2 Å². The molecule has 0 saturated heterocycles. The highest BCUT2D eigenvalue weighted by Gasteiger charge is 2.33. The molecule has 0 spiro atoms. The van der Waals surface area contributed by atoms with Crippen molar-refractivity contribution in [3.8, 4) is 5.75 Å². The highest BCUT2D eigenvalue weighted by Crippen LogP contribution is 2.33. The number of anilines is 1. The van der Waals surface area contributed by atoms with Crippen LogP contribution >= 0.6 is 11.6 Å². The van der Waals surface area contributed by atoms with E-state index in [1.807, 2.05) is 30.3 Å². The Hall–Kier alpha value is -3.63. The van der Waals surface area contributed by atoms with Crippen LogP contribution in [0.25, 0.3) is 0 Å². The molecule has 0 aliphatic rings. The van der Waals surface area contributed by atoms with Crippen molar-refractivity contribution in [3.05, 3.63) is 94.8 Å². The predicted octanol–water partition coefficient (Wildman–Crippen LogP) is 3.64. The quantitative estimate of drug-likeness (QED) is 0.386. The van der Waals surface area contributed by atoms with Crippen molar-refractivity contribution >= 4 is 39.1 Å². The van der Waals surface area contributed by atoms with Crippen LogP contribution in [-0.2, 0) is 32.6 Å². The topological polar surface area (TPSA) is 96.0 Å².